The number of esters is 1. The molecule has 1 aliphatic carbocycles. The third-order valence-corrected chi connectivity index (χ3v) is 4.27. The summed E-state index contributed by atoms with van der Waals surface area (Å²) in [7, 11) is 1.34. The quantitative estimate of drug-likeness (QED) is 0.883. The fourth-order valence-electron chi connectivity index (χ4n) is 2.91. The van der Waals surface area contributed by atoms with E-state index in [4.69, 9.17) is 4.74 Å². The van der Waals surface area contributed by atoms with Crippen molar-refractivity contribution in [3.8, 4) is 0 Å². The number of fused-ring (bicyclic) bond motifs is 1. The van der Waals surface area contributed by atoms with Crippen LogP contribution in [0.1, 0.15) is 43.8 Å². The van der Waals surface area contributed by atoms with E-state index in [1.807, 2.05) is 25.1 Å². The number of amides is 1. The SMILES string of the molecule is COC(=O)c1ccc(C)c(NC(=O)c2ccc3c(c2)CCC3)c1. The van der Waals surface area contributed by atoms with Gasteiger partial charge in [-0.1, -0.05) is 12.1 Å². The van der Waals surface area contributed by atoms with Gasteiger partial charge in [0.1, 0.15) is 0 Å². The van der Waals surface area contributed by atoms with E-state index < -0.39 is 5.97 Å². The second-order valence-electron chi connectivity index (χ2n) is 5.81. The maximum atomic E-state index is 12.5. The van der Waals surface area contributed by atoms with Crippen LogP contribution >= 0.6 is 0 Å². The number of benzene rings is 2. The van der Waals surface area contributed by atoms with Crippen LogP contribution in [0.25, 0.3) is 0 Å². The smallest absolute Gasteiger partial charge is 0.337 e. The zero-order valence-corrected chi connectivity index (χ0v) is 13.3. The number of hydrogen-bond acceptors (Lipinski definition) is 3. The van der Waals surface area contributed by atoms with Crippen LogP contribution in [0.5, 0.6) is 0 Å². The molecule has 2 aromatic carbocycles. The fraction of sp³-hybridized carbons (Fsp3) is 0.263. The summed E-state index contributed by atoms with van der Waals surface area (Å²) in [6, 6.07) is 11.0. The molecule has 0 aromatic heterocycles. The Hall–Kier alpha value is -2.62. The lowest BCUT2D eigenvalue weighted by Crippen LogP contribution is -2.14. The minimum absolute atomic E-state index is 0.162. The summed E-state index contributed by atoms with van der Waals surface area (Å²) in [6.45, 7) is 1.89. The van der Waals surface area contributed by atoms with E-state index in [0.29, 0.717) is 16.8 Å². The van der Waals surface area contributed by atoms with Crippen molar-refractivity contribution in [2.45, 2.75) is 26.2 Å². The van der Waals surface area contributed by atoms with Gasteiger partial charge in [-0.15, -0.1) is 0 Å². The highest BCUT2D eigenvalue weighted by molar-refractivity contribution is 6.05. The van der Waals surface area contributed by atoms with Gasteiger partial charge in [0.2, 0.25) is 0 Å². The summed E-state index contributed by atoms with van der Waals surface area (Å²) >= 11 is 0. The van der Waals surface area contributed by atoms with Crippen LogP contribution in [0.2, 0.25) is 0 Å². The van der Waals surface area contributed by atoms with Crippen LogP contribution in [0.4, 0.5) is 5.69 Å². The molecule has 1 N–H and O–H groups in total. The van der Waals surface area contributed by atoms with Crippen molar-refractivity contribution in [1.82, 2.24) is 0 Å². The maximum Gasteiger partial charge on any atom is 0.337 e. The number of hydrogen-bond donors (Lipinski definition) is 1. The standard InChI is InChI=1S/C19H19NO3/c1-12-6-7-16(19(22)23-2)11-17(12)20-18(21)15-9-8-13-4-3-5-14(13)10-15/h6-11H,3-5H2,1-2H3,(H,20,21). The predicted molar refractivity (Wildman–Crippen MR) is 88.9 cm³/mol. The number of anilines is 1. The molecule has 0 saturated carbocycles. The van der Waals surface area contributed by atoms with Gasteiger partial charge in [0.25, 0.3) is 5.91 Å². The third kappa shape index (κ3) is 3.11. The summed E-state index contributed by atoms with van der Waals surface area (Å²) in [5.41, 5.74) is 5.18. The Kier molecular flexibility index (Phi) is 4.15. The van der Waals surface area contributed by atoms with E-state index in [1.165, 1.54) is 18.2 Å². The van der Waals surface area contributed by atoms with Crippen LogP contribution in [0.15, 0.2) is 36.4 Å². The molecule has 118 valence electrons. The van der Waals surface area contributed by atoms with Crippen molar-refractivity contribution >= 4 is 17.6 Å². The second kappa shape index (κ2) is 6.24. The molecule has 1 amide bonds. The lowest BCUT2D eigenvalue weighted by Gasteiger charge is -2.11. The van der Waals surface area contributed by atoms with E-state index in [2.05, 4.69) is 5.32 Å². The average Bonchev–Trinajstić information content (AvgIpc) is 3.03. The van der Waals surface area contributed by atoms with Gasteiger partial charge >= 0.3 is 5.97 Å². The van der Waals surface area contributed by atoms with Crippen LogP contribution in [-0.2, 0) is 17.6 Å². The van der Waals surface area contributed by atoms with E-state index in [-0.39, 0.29) is 5.91 Å². The average molecular weight is 309 g/mol. The number of aryl methyl sites for hydroxylation is 3. The van der Waals surface area contributed by atoms with Crippen LogP contribution < -0.4 is 5.32 Å². The molecular formula is C19H19NO3. The molecule has 0 unspecified atom stereocenters. The van der Waals surface area contributed by atoms with E-state index in [0.717, 1.165) is 24.8 Å². The lowest BCUT2D eigenvalue weighted by molar-refractivity contribution is 0.0600. The highest BCUT2D eigenvalue weighted by atomic mass is 16.5. The van der Waals surface area contributed by atoms with E-state index >= 15 is 0 Å². The first-order valence-corrected chi connectivity index (χ1v) is 7.70. The van der Waals surface area contributed by atoms with E-state index in [1.54, 1.807) is 18.2 Å². The Labute approximate surface area is 135 Å². The Morgan fingerprint density at radius 2 is 1.74 bits per heavy atom. The zero-order valence-electron chi connectivity index (χ0n) is 13.3. The highest BCUT2D eigenvalue weighted by Gasteiger charge is 2.15. The molecule has 1 aliphatic rings. The summed E-state index contributed by atoms with van der Waals surface area (Å²) in [5.74, 6) is -0.581. The van der Waals surface area contributed by atoms with Crippen LogP contribution in [0, 0.1) is 6.92 Å². The van der Waals surface area contributed by atoms with Gasteiger partial charge in [0.15, 0.2) is 0 Å². The monoisotopic (exact) mass is 309 g/mol. The Morgan fingerprint density at radius 1 is 1.00 bits per heavy atom. The first kappa shape index (κ1) is 15.3. The lowest BCUT2D eigenvalue weighted by atomic mass is 10.1. The molecule has 0 saturated heterocycles. The number of rotatable bonds is 3. The Balaban J connectivity index is 1.84. The van der Waals surface area contributed by atoms with Crippen LogP contribution in [-0.4, -0.2) is 19.0 Å². The predicted octanol–water partition coefficient (Wildman–Crippen LogP) is 3.52. The van der Waals surface area contributed by atoms with E-state index in [9.17, 15) is 9.59 Å². The third-order valence-electron chi connectivity index (χ3n) is 4.27. The number of carbonyl (C=O) groups is 2. The van der Waals surface area contributed by atoms with Crippen molar-refractivity contribution < 1.29 is 14.3 Å². The van der Waals surface area contributed by atoms with Gasteiger partial charge < -0.3 is 10.1 Å². The second-order valence-corrected chi connectivity index (χ2v) is 5.81. The molecule has 4 nitrogen and oxygen atoms in total. The molecule has 0 aliphatic heterocycles. The van der Waals surface area contributed by atoms with Crippen molar-refractivity contribution in [3.63, 3.8) is 0 Å². The molecule has 0 bridgehead atoms. The number of nitrogens with one attached hydrogen (secondary N) is 1. The molecule has 3 rings (SSSR count). The molecule has 0 atom stereocenters. The van der Waals surface area contributed by atoms with Gasteiger partial charge in [-0.3, -0.25) is 4.79 Å². The molecule has 23 heavy (non-hydrogen) atoms. The summed E-state index contributed by atoms with van der Waals surface area (Å²) in [5, 5.41) is 2.89. The molecule has 0 radical (unpaired) electrons. The minimum atomic E-state index is -0.418. The molecule has 4 heteroatoms. The minimum Gasteiger partial charge on any atom is -0.465 e. The first-order valence-electron chi connectivity index (χ1n) is 7.70. The normalized spacial score (nSPS) is 12.6. The Morgan fingerprint density at radius 3 is 2.52 bits per heavy atom. The van der Waals surface area contributed by atoms with Gasteiger partial charge in [-0.25, -0.2) is 4.79 Å². The fourth-order valence-corrected chi connectivity index (χ4v) is 2.91. The highest BCUT2D eigenvalue weighted by Crippen LogP contribution is 2.24. The molecule has 0 fully saturated rings. The summed E-state index contributed by atoms with van der Waals surface area (Å²) in [4.78, 5) is 24.1. The summed E-state index contributed by atoms with van der Waals surface area (Å²) in [6.07, 6.45) is 3.28. The zero-order chi connectivity index (χ0) is 16.4. The van der Waals surface area contributed by atoms with Crippen molar-refractivity contribution in [2.24, 2.45) is 0 Å². The molecular weight excluding hydrogens is 290 g/mol. The molecule has 2 aromatic rings. The first-order chi connectivity index (χ1) is 11.1. The van der Waals surface area contributed by atoms with Gasteiger partial charge in [-0.05, 0) is 67.1 Å². The van der Waals surface area contributed by atoms with Crippen LogP contribution in [0.3, 0.4) is 0 Å². The summed E-state index contributed by atoms with van der Waals surface area (Å²) < 4.78 is 4.72. The van der Waals surface area contributed by atoms with Gasteiger partial charge in [0.05, 0.1) is 12.7 Å². The Bertz CT molecular complexity index is 780. The van der Waals surface area contributed by atoms with Crippen molar-refractivity contribution in [3.05, 3.63) is 64.2 Å². The largest absolute Gasteiger partial charge is 0.465 e. The molecule has 0 heterocycles. The van der Waals surface area contributed by atoms with Crippen molar-refractivity contribution in [2.75, 3.05) is 12.4 Å². The number of methoxy groups -OCH3 is 1. The van der Waals surface area contributed by atoms with Gasteiger partial charge in [0, 0.05) is 11.3 Å². The van der Waals surface area contributed by atoms with Crippen molar-refractivity contribution in [1.29, 1.82) is 0 Å². The van der Waals surface area contributed by atoms with Gasteiger partial charge in [-0.2, -0.15) is 0 Å². The number of ether oxygens (including phenoxy) is 1. The molecule has 0 spiro atoms. The maximum absolute atomic E-state index is 12.5. The topological polar surface area (TPSA) is 55.4 Å². The number of carbonyl (C=O) groups excluding carboxylic acids is 2.